The Bertz CT molecular complexity index is 597. The Kier molecular flexibility index (Phi) is 4.20. The van der Waals surface area contributed by atoms with Crippen LogP contribution in [0.1, 0.15) is 17.2 Å². The van der Waals surface area contributed by atoms with Crippen molar-refractivity contribution >= 4 is 0 Å². The zero-order valence-electron chi connectivity index (χ0n) is 11.2. The van der Waals surface area contributed by atoms with Crippen LogP contribution in [-0.4, -0.2) is 14.2 Å². The third-order valence-electron chi connectivity index (χ3n) is 3.08. The molecule has 1 atom stereocenters. The molecule has 20 heavy (non-hydrogen) atoms. The van der Waals surface area contributed by atoms with Gasteiger partial charge in [-0.15, -0.1) is 0 Å². The summed E-state index contributed by atoms with van der Waals surface area (Å²) in [5, 5.41) is 0. The number of ether oxygens (including phenoxy) is 2. The number of methoxy groups -OCH3 is 2. The van der Waals surface area contributed by atoms with Crippen LogP contribution < -0.4 is 15.2 Å². The second-order valence-electron chi connectivity index (χ2n) is 4.22. The van der Waals surface area contributed by atoms with Gasteiger partial charge >= 0.3 is 0 Å². The maximum atomic E-state index is 13.8. The molecule has 0 aliphatic rings. The summed E-state index contributed by atoms with van der Waals surface area (Å²) in [5.74, 6) is -0.404. The largest absolute Gasteiger partial charge is 0.497 e. The zero-order chi connectivity index (χ0) is 14.7. The van der Waals surface area contributed by atoms with Crippen molar-refractivity contribution in [2.45, 2.75) is 6.04 Å². The number of halogens is 2. The summed E-state index contributed by atoms with van der Waals surface area (Å²) < 4.78 is 37.9. The Morgan fingerprint density at radius 3 is 2.20 bits per heavy atom. The summed E-state index contributed by atoms with van der Waals surface area (Å²) in [6.07, 6.45) is 0. The van der Waals surface area contributed by atoms with Crippen LogP contribution >= 0.6 is 0 Å². The number of hydrogen-bond acceptors (Lipinski definition) is 3. The Labute approximate surface area is 115 Å². The minimum absolute atomic E-state index is 0.195. The third kappa shape index (κ3) is 2.58. The molecule has 0 fully saturated rings. The summed E-state index contributed by atoms with van der Waals surface area (Å²) in [6.45, 7) is 0. The van der Waals surface area contributed by atoms with Gasteiger partial charge in [-0.25, -0.2) is 8.78 Å². The molecule has 0 aromatic heterocycles. The predicted molar refractivity (Wildman–Crippen MR) is 71.9 cm³/mol. The van der Waals surface area contributed by atoms with E-state index in [2.05, 4.69) is 0 Å². The van der Waals surface area contributed by atoms with E-state index in [1.165, 1.54) is 32.4 Å². The van der Waals surface area contributed by atoms with Crippen LogP contribution in [0.15, 0.2) is 36.4 Å². The van der Waals surface area contributed by atoms with Gasteiger partial charge in [0.1, 0.15) is 23.1 Å². The Morgan fingerprint density at radius 1 is 1.00 bits per heavy atom. The molecule has 1 unspecified atom stereocenters. The second kappa shape index (κ2) is 5.88. The van der Waals surface area contributed by atoms with Gasteiger partial charge in [0, 0.05) is 11.1 Å². The van der Waals surface area contributed by atoms with Gasteiger partial charge in [0.2, 0.25) is 0 Å². The quantitative estimate of drug-likeness (QED) is 0.935. The number of hydrogen-bond donors (Lipinski definition) is 1. The van der Waals surface area contributed by atoms with Gasteiger partial charge in [0.15, 0.2) is 0 Å². The number of rotatable bonds is 4. The van der Waals surface area contributed by atoms with Crippen molar-refractivity contribution in [3.8, 4) is 11.5 Å². The van der Waals surface area contributed by atoms with E-state index in [0.29, 0.717) is 17.1 Å². The molecule has 0 heterocycles. The van der Waals surface area contributed by atoms with Crippen LogP contribution in [0.3, 0.4) is 0 Å². The molecule has 0 radical (unpaired) electrons. The topological polar surface area (TPSA) is 44.5 Å². The maximum absolute atomic E-state index is 13.8. The predicted octanol–water partition coefficient (Wildman–Crippen LogP) is 3.03. The van der Waals surface area contributed by atoms with Crippen molar-refractivity contribution in [1.29, 1.82) is 0 Å². The number of nitrogens with two attached hydrogens (primary N) is 1. The van der Waals surface area contributed by atoms with E-state index in [1.807, 2.05) is 0 Å². The molecule has 0 spiro atoms. The van der Waals surface area contributed by atoms with E-state index in [-0.39, 0.29) is 5.56 Å². The lowest BCUT2D eigenvalue weighted by molar-refractivity contribution is 0.396. The fraction of sp³-hybridized carbons (Fsp3) is 0.200. The van der Waals surface area contributed by atoms with Crippen LogP contribution in [0, 0.1) is 11.6 Å². The van der Waals surface area contributed by atoms with Crippen LogP contribution in [0.5, 0.6) is 11.5 Å². The molecule has 0 saturated heterocycles. The Hall–Kier alpha value is -2.14. The lowest BCUT2D eigenvalue weighted by Gasteiger charge is -2.18. The number of benzene rings is 2. The van der Waals surface area contributed by atoms with Gasteiger partial charge in [-0.05, 0) is 30.3 Å². The normalized spacial score (nSPS) is 12.1. The molecular weight excluding hydrogens is 264 g/mol. The first-order valence-electron chi connectivity index (χ1n) is 6.00. The first-order valence-corrected chi connectivity index (χ1v) is 6.00. The minimum atomic E-state index is -0.985. The summed E-state index contributed by atoms with van der Waals surface area (Å²) >= 11 is 0. The molecule has 0 aliphatic heterocycles. The van der Waals surface area contributed by atoms with Crippen molar-refractivity contribution in [2.24, 2.45) is 5.73 Å². The van der Waals surface area contributed by atoms with E-state index in [9.17, 15) is 8.78 Å². The first-order chi connectivity index (χ1) is 9.58. The van der Waals surface area contributed by atoms with E-state index in [1.54, 1.807) is 18.2 Å². The van der Waals surface area contributed by atoms with Crippen molar-refractivity contribution in [3.63, 3.8) is 0 Å². The highest BCUT2D eigenvalue weighted by molar-refractivity contribution is 5.46. The average molecular weight is 279 g/mol. The lowest BCUT2D eigenvalue weighted by atomic mass is 9.97. The summed E-state index contributed by atoms with van der Waals surface area (Å²) in [5.41, 5.74) is 6.26. The van der Waals surface area contributed by atoms with Crippen molar-refractivity contribution in [3.05, 3.63) is 59.2 Å². The van der Waals surface area contributed by atoms with E-state index in [4.69, 9.17) is 15.2 Å². The molecule has 5 heteroatoms. The van der Waals surface area contributed by atoms with Gasteiger partial charge in [-0.3, -0.25) is 0 Å². The van der Waals surface area contributed by atoms with Crippen LogP contribution in [-0.2, 0) is 0 Å². The summed E-state index contributed by atoms with van der Waals surface area (Å²) in [4.78, 5) is 0. The van der Waals surface area contributed by atoms with Crippen LogP contribution in [0.4, 0.5) is 8.78 Å². The molecule has 0 saturated carbocycles. The molecule has 2 N–H and O–H groups in total. The molecular formula is C15H15F2NO2. The van der Waals surface area contributed by atoms with Crippen LogP contribution in [0.2, 0.25) is 0 Å². The zero-order valence-corrected chi connectivity index (χ0v) is 11.2. The fourth-order valence-corrected chi connectivity index (χ4v) is 2.05. The minimum Gasteiger partial charge on any atom is -0.497 e. The summed E-state index contributed by atoms with van der Waals surface area (Å²) in [7, 11) is 2.97. The molecule has 106 valence electrons. The van der Waals surface area contributed by atoms with Crippen molar-refractivity contribution < 1.29 is 18.3 Å². The highest BCUT2D eigenvalue weighted by Crippen LogP contribution is 2.33. The SMILES string of the molecule is COc1ccc(OC)c(C(N)c2c(F)cccc2F)c1. The highest BCUT2D eigenvalue weighted by atomic mass is 19.1. The molecule has 3 nitrogen and oxygen atoms in total. The summed E-state index contributed by atoms with van der Waals surface area (Å²) in [6, 6.07) is 7.59. The lowest BCUT2D eigenvalue weighted by Crippen LogP contribution is -2.16. The monoisotopic (exact) mass is 279 g/mol. The van der Waals surface area contributed by atoms with E-state index in [0.717, 1.165) is 0 Å². The van der Waals surface area contributed by atoms with Gasteiger partial charge in [0.05, 0.1) is 20.3 Å². The first kappa shape index (κ1) is 14.3. The van der Waals surface area contributed by atoms with Gasteiger partial charge < -0.3 is 15.2 Å². The third-order valence-corrected chi connectivity index (χ3v) is 3.08. The molecule has 2 aromatic rings. The smallest absolute Gasteiger partial charge is 0.131 e. The Balaban J connectivity index is 2.55. The molecule has 0 aliphatic carbocycles. The van der Waals surface area contributed by atoms with E-state index >= 15 is 0 Å². The van der Waals surface area contributed by atoms with Crippen molar-refractivity contribution in [1.82, 2.24) is 0 Å². The van der Waals surface area contributed by atoms with Crippen LogP contribution in [0.25, 0.3) is 0 Å². The molecule has 2 rings (SSSR count). The maximum Gasteiger partial charge on any atom is 0.131 e. The van der Waals surface area contributed by atoms with Gasteiger partial charge in [0.25, 0.3) is 0 Å². The second-order valence-corrected chi connectivity index (χ2v) is 4.22. The Morgan fingerprint density at radius 2 is 1.65 bits per heavy atom. The molecule has 0 bridgehead atoms. The van der Waals surface area contributed by atoms with E-state index < -0.39 is 17.7 Å². The molecule has 0 amide bonds. The fourth-order valence-electron chi connectivity index (χ4n) is 2.05. The van der Waals surface area contributed by atoms with Gasteiger partial charge in [-0.1, -0.05) is 6.07 Å². The highest BCUT2D eigenvalue weighted by Gasteiger charge is 2.21. The van der Waals surface area contributed by atoms with Crippen molar-refractivity contribution in [2.75, 3.05) is 14.2 Å². The van der Waals surface area contributed by atoms with Gasteiger partial charge in [-0.2, -0.15) is 0 Å². The molecule has 2 aromatic carbocycles. The standard InChI is InChI=1S/C15H15F2NO2/c1-19-9-6-7-13(20-2)10(8-9)15(18)14-11(16)4-3-5-12(14)17/h3-8,15H,18H2,1-2H3. The average Bonchev–Trinajstić information content (AvgIpc) is 2.46.